The summed E-state index contributed by atoms with van der Waals surface area (Å²) in [5.74, 6) is 0.141. The van der Waals surface area contributed by atoms with Crippen molar-refractivity contribution in [2.24, 2.45) is 0 Å². The Morgan fingerprint density at radius 3 is 2.85 bits per heavy atom. The highest BCUT2D eigenvalue weighted by molar-refractivity contribution is 14.1. The second-order valence-electron chi connectivity index (χ2n) is 5.16. The van der Waals surface area contributed by atoms with E-state index in [0.717, 1.165) is 39.5 Å². The first-order chi connectivity index (χ1) is 9.56. The zero-order valence-electron chi connectivity index (χ0n) is 11.8. The average molecular weight is 451 g/mol. The van der Waals surface area contributed by atoms with Crippen LogP contribution in [-0.2, 0) is 0 Å². The molecule has 2 unspecified atom stereocenters. The molecule has 1 amide bonds. The number of halogens is 2. The number of nitrogens with zero attached hydrogens (tertiary/aromatic N) is 1. The maximum Gasteiger partial charge on any atom is 0.255 e. The Kier molecular flexibility index (Phi) is 5.86. The number of amides is 1. The predicted octanol–water partition coefficient (Wildman–Crippen LogP) is 3.66. The van der Waals surface area contributed by atoms with Crippen LogP contribution in [0.2, 0.25) is 0 Å². The highest BCUT2D eigenvalue weighted by Gasteiger charge is 2.30. The predicted molar refractivity (Wildman–Crippen MR) is 94.1 cm³/mol. The normalized spacial score (nSPS) is 22.9. The van der Waals surface area contributed by atoms with Gasteiger partial charge in [0, 0.05) is 33.2 Å². The molecule has 0 saturated carbocycles. The average Bonchev–Trinajstić information content (AvgIpc) is 2.48. The zero-order chi connectivity index (χ0) is 14.7. The second-order valence-corrected chi connectivity index (χ2v) is 7.26. The first-order valence-electron chi connectivity index (χ1n) is 7.06. The first-order valence-corrected chi connectivity index (χ1v) is 8.93. The van der Waals surface area contributed by atoms with Gasteiger partial charge in [-0.2, -0.15) is 0 Å². The van der Waals surface area contributed by atoms with Gasteiger partial charge in [0.25, 0.3) is 5.91 Å². The third kappa shape index (κ3) is 3.54. The van der Waals surface area contributed by atoms with Crippen LogP contribution >= 0.6 is 38.5 Å². The largest absolute Gasteiger partial charge is 0.333 e. The van der Waals surface area contributed by atoms with Crippen LogP contribution in [0.15, 0.2) is 22.7 Å². The molecule has 1 saturated heterocycles. The quantitative estimate of drug-likeness (QED) is 0.712. The standard InChI is InChI=1S/C15H20BrIN2O/c1-3-11-9-19(12(4-2)8-18-11)15(20)13-7-10(17)5-6-14(13)16/h5-7,11-12,18H,3-4,8-9H2,1-2H3. The molecule has 1 N–H and O–H groups in total. The smallest absolute Gasteiger partial charge is 0.255 e. The number of hydrogen-bond donors (Lipinski definition) is 1. The molecular weight excluding hydrogens is 431 g/mol. The van der Waals surface area contributed by atoms with Gasteiger partial charge in [0.15, 0.2) is 0 Å². The molecule has 0 spiro atoms. The molecule has 1 heterocycles. The fourth-order valence-corrected chi connectivity index (χ4v) is 3.47. The molecule has 5 heteroatoms. The van der Waals surface area contributed by atoms with Gasteiger partial charge in [0.2, 0.25) is 0 Å². The third-order valence-corrected chi connectivity index (χ3v) is 5.25. The van der Waals surface area contributed by atoms with Crippen molar-refractivity contribution < 1.29 is 4.79 Å². The van der Waals surface area contributed by atoms with Crippen molar-refractivity contribution in [2.45, 2.75) is 38.8 Å². The lowest BCUT2D eigenvalue weighted by atomic mass is 10.0. The number of rotatable bonds is 3. The maximum absolute atomic E-state index is 12.9. The summed E-state index contributed by atoms with van der Waals surface area (Å²) in [5, 5.41) is 3.53. The highest BCUT2D eigenvalue weighted by Crippen LogP contribution is 2.23. The summed E-state index contributed by atoms with van der Waals surface area (Å²) in [5.41, 5.74) is 0.770. The van der Waals surface area contributed by atoms with Gasteiger partial charge in [-0.1, -0.05) is 13.8 Å². The Morgan fingerprint density at radius 2 is 2.20 bits per heavy atom. The van der Waals surface area contributed by atoms with Crippen LogP contribution in [0.4, 0.5) is 0 Å². The lowest BCUT2D eigenvalue weighted by molar-refractivity contribution is 0.0575. The molecule has 1 aliphatic heterocycles. The molecule has 1 fully saturated rings. The Labute approximate surface area is 142 Å². The van der Waals surface area contributed by atoms with E-state index < -0.39 is 0 Å². The number of benzene rings is 1. The van der Waals surface area contributed by atoms with Gasteiger partial charge >= 0.3 is 0 Å². The van der Waals surface area contributed by atoms with E-state index in [1.165, 1.54) is 0 Å². The van der Waals surface area contributed by atoms with Crippen LogP contribution in [0.3, 0.4) is 0 Å². The molecule has 1 aromatic rings. The van der Waals surface area contributed by atoms with Gasteiger partial charge in [-0.3, -0.25) is 4.79 Å². The molecule has 0 bridgehead atoms. The summed E-state index contributed by atoms with van der Waals surface area (Å²) in [4.78, 5) is 14.9. The molecule has 1 aliphatic rings. The van der Waals surface area contributed by atoms with Crippen molar-refractivity contribution in [3.8, 4) is 0 Å². The Morgan fingerprint density at radius 1 is 1.45 bits per heavy atom. The molecule has 110 valence electrons. The van der Waals surface area contributed by atoms with E-state index in [9.17, 15) is 4.79 Å². The van der Waals surface area contributed by atoms with E-state index >= 15 is 0 Å². The van der Waals surface area contributed by atoms with Gasteiger partial charge in [-0.05, 0) is 69.6 Å². The van der Waals surface area contributed by atoms with Crippen molar-refractivity contribution in [3.05, 3.63) is 31.8 Å². The number of hydrogen-bond acceptors (Lipinski definition) is 2. The molecule has 0 aliphatic carbocycles. The number of nitrogens with one attached hydrogen (secondary N) is 1. The van der Waals surface area contributed by atoms with Crippen LogP contribution in [0.1, 0.15) is 37.0 Å². The van der Waals surface area contributed by atoms with E-state index in [-0.39, 0.29) is 11.9 Å². The summed E-state index contributed by atoms with van der Waals surface area (Å²) in [7, 11) is 0. The molecule has 3 nitrogen and oxygen atoms in total. The van der Waals surface area contributed by atoms with E-state index in [2.05, 4.69) is 57.7 Å². The molecule has 0 radical (unpaired) electrons. The minimum atomic E-state index is 0.141. The Bertz CT molecular complexity index is 495. The molecule has 20 heavy (non-hydrogen) atoms. The molecule has 0 aromatic heterocycles. The van der Waals surface area contributed by atoms with E-state index in [0.29, 0.717) is 6.04 Å². The molecule has 2 rings (SSSR count). The second kappa shape index (κ2) is 7.22. The third-order valence-electron chi connectivity index (χ3n) is 3.88. The first kappa shape index (κ1) is 16.2. The van der Waals surface area contributed by atoms with Crippen molar-refractivity contribution >= 4 is 44.4 Å². The van der Waals surface area contributed by atoms with Crippen molar-refractivity contribution in [1.82, 2.24) is 10.2 Å². The van der Waals surface area contributed by atoms with Gasteiger partial charge in [0.05, 0.1) is 5.56 Å². The van der Waals surface area contributed by atoms with Crippen LogP contribution in [0, 0.1) is 3.57 Å². The van der Waals surface area contributed by atoms with Crippen LogP contribution in [0.5, 0.6) is 0 Å². The van der Waals surface area contributed by atoms with Gasteiger partial charge in [-0.25, -0.2) is 0 Å². The van der Waals surface area contributed by atoms with E-state index in [1.54, 1.807) is 0 Å². The monoisotopic (exact) mass is 450 g/mol. The Hall–Kier alpha value is -0.140. The fraction of sp³-hybridized carbons (Fsp3) is 0.533. The minimum absolute atomic E-state index is 0.141. The lowest BCUT2D eigenvalue weighted by Gasteiger charge is -2.40. The summed E-state index contributed by atoms with van der Waals surface area (Å²) >= 11 is 5.75. The fourth-order valence-electron chi connectivity index (χ4n) is 2.57. The van der Waals surface area contributed by atoms with E-state index in [1.807, 2.05) is 23.1 Å². The number of carbonyl (C=O) groups is 1. The highest BCUT2D eigenvalue weighted by atomic mass is 127. The van der Waals surface area contributed by atoms with Gasteiger partial charge in [-0.15, -0.1) is 0 Å². The topological polar surface area (TPSA) is 32.3 Å². The van der Waals surface area contributed by atoms with Crippen LogP contribution in [-0.4, -0.2) is 36.0 Å². The van der Waals surface area contributed by atoms with Crippen molar-refractivity contribution in [2.75, 3.05) is 13.1 Å². The van der Waals surface area contributed by atoms with Crippen LogP contribution < -0.4 is 5.32 Å². The maximum atomic E-state index is 12.9. The van der Waals surface area contributed by atoms with Gasteiger partial charge in [0.1, 0.15) is 0 Å². The molecular formula is C15H20BrIN2O. The minimum Gasteiger partial charge on any atom is -0.333 e. The Balaban J connectivity index is 2.26. The molecule has 2 atom stereocenters. The zero-order valence-corrected chi connectivity index (χ0v) is 15.6. The molecule has 1 aromatic carbocycles. The van der Waals surface area contributed by atoms with Crippen molar-refractivity contribution in [3.63, 3.8) is 0 Å². The van der Waals surface area contributed by atoms with E-state index in [4.69, 9.17) is 0 Å². The lowest BCUT2D eigenvalue weighted by Crippen LogP contribution is -2.57. The SMILES string of the molecule is CCC1CN(C(=O)c2cc(I)ccc2Br)C(CC)CN1. The summed E-state index contributed by atoms with van der Waals surface area (Å²) < 4.78 is 1.97. The van der Waals surface area contributed by atoms with Gasteiger partial charge < -0.3 is 10.2 Å². The number of carbonyl (C=O) groups excluding carboxylic acids is 1. The van der Waals surface area contributed by atoms with Crippen molar-refractivity contribution in [1.29, 1.82) is 0 Å². The summed E-state index contributed by atoms with van der Waals surface area (Å²) in [6.45, 7) is 5.99. The number of piperazine rings is 1. The summed E-state index contributed by atoms with van der Waals surface area (Å²) in [6, 6.07) is 6.61. The summed E-state index contributed by atoms with van der Waals surface area (Å²) in [6.07, 6.45) is 2.03. The van der Waals surface area contributed by atoms with Crippen LogP contribution in [0.25, 0.3) is 0 Å².